The van der Waals surface area contributed by atoms with Gasteiger partial charge in [-0.15, -0.1) is 0 Å². The molecule has 4 rings (SSSR count). The lowest BCUT2D eigenvalue weighted by atomic mass is 10.2. The molecule has 8 nitrogen and oxygen atoms in total. The van der Waals surface area contributed by atoms with E-state index in [1.54, 1.807) is 16.8 Å². The highest BCUT2D eigenvalue weighted by atomic mass is 32.2. The fraction of sp³-hybridized carbons (Fsp3) is 0.333. The number of fused-ring (bicyclic) bond motifs is 2. The van der Waals surface area contributed by atoms with Gasteiger partial charge in [-0.3, -0.25) is 0 Å². The number of benzene rings is 1. The van der Waals surface area contributed by atoms with Gasteiger partial charge in [-0.25, -0.2) is 22.6 Å². The first-order valence-electron chi connectivity index (χ1n) is 8.71. The molecule has 0 atom stereocenters. The van der Waals surface area contributed by atoms with E-state index in [4.69, 9.17) is 9.47 Å². The van der Waals surface area contributed by atoms with Gasteiger partial charge in [0.25, 0.3) is 0 Å². The molecule has 3 aromatic rings. The van der Waals surface area contributed by atoms with Crippen LogP contribution in [0.1, 0.15) is 17.7 Å². The molecule has 0 spiro atoms. The third kappa shape index (κ3) is 3.88. The first kappa shape index (κ1) is 17.7. The van der Waals surface area contributed by atoms with Crippen LogP contribution >= 0.6 is 0 Å². The van der Waals surface area contributed by atoms with Gasteiger partial charge < -0.3 is 9.47 Å². The molecule has 27 heavy (non-hydrogen) atoms. The Kier molecular flexibility index (Phi) is 4.71. The quantitative estimate of drug-likeness (QED) is 0.646. The lowest BCUT2D eigenvalue weighted by Crippen LogP contribution is -2.25. The van der Waals surface area contributed by atoms with Crippen LogP contribution < -0.4 is 14.2 Å². The highest BCUT2D eigenvalue weighted by molar-refractivity contribution is 7.89. The number of aryl methyl sites for hydroxylation is 2. The van der Waals surface area contributed by atoms with Crippen molar-refractivity contribution < 1.29 is 17.9 Å². The van der Waals surface area contributed by atoms with Gasteiger partial charge in [-0.1, -0.05) is 0 Å². The summed E-state index contributed by atoms with van der Waals surface area (Å²) < 4.78 is 40.2. The van der Waals surface area contributed by atoms with Crippen molar-refractivity contribution >= 4 is 15.7 Å². The first-order chi connectivity index (χ1) is 13.0. The Morgan fingerprint density at radius 3 is 2.85 bits per heavy atom. The van der Waals surface area contributed by atoms with E-state index in [-0.39, 0.29) is 4.90 Å². The van der Waals surface area contributed by atoms with Crippen LogP contribution in [0.15, 0.2) is 41.6 Å². The van der Waals surface area contributed by atoms with Crippen molar-refractivity contribution in [1.82, 2.24) is 19.3 Å². The number of hydrogen-bond acceptors (Lipinski definition) is 6. The van der Waals surface area contributed by atoms with Gasteiger partial charge >= 0.3 is 0 Å². The van der Waals surface area contributed by atoms with Crippen molar-refractivity contribution in [3.63, 3.8) is 0 Å². The molecule has 0 radical (unpaired) electrons. The molecule has 1 N–H and O–H groups in total. The molecule has 0 bridgehead atoms. The highest BCUT2D eigenvalue weighted by Gasteiger charge is 2.18. The second kappa shape index (κ2) is 7.16. The summed E-state index contributed by atoms with van der Waals surface area (Å²) in [7, 11) is -3.60. The van der Waals surface area contributed by atoms with Gasteiger partial charge in [-0.05, 0) is 37.5 Å². The molecule has 9 heteroatoms. The van der Waals surface area contributed by atoms with Gasteiger partial charge in [-0.2, -0.15) is 5.10 Å². The molecular weight excluding hydrogens is 368 g/mol. The largest absolute Gasteiger partial charge is 0.486 e. The second-order valence-corrected chi connectivity index (χ2v) is 8.12. The molecule has 3 heterocycles. The van der Waals surface area contributed by atoms with Crippen LogP contribution in [-0.4, -0.2) is 42.8 Å². The van der Waals surface area contributed by atoms with Crippen LogP contribution in [0, 0.1) is 6.92 Å². The van der Waals surface area contributed by atoms with E-state index < -0.39 is 10.0 Å². The lowest BCUT2D eigenvalue weighted by Gasteiger charge is -2.18. The molecule has 0 unspecified atom stereocenters. The van der Waals surface area contributed by atoms with Crippen LogP contribution in [0.2, 0.25) is 0 Å². The van der Waals surface area contributed by atoms with Gasteiger partial charge in [0.05, 0.1) is 10.6 Å². The van der Waals surface area contributed by atoms with Crippen LogP contribution in [0.5, 0.6) is 11.5 Å². The zero-order valence-corrected chi connectivity index (χ0v) is 15.7. The van der Waals surface area contributed by atoms with Crippen molar-refractivity contribution in [2.24, 2.45) is 0 Å². The van der Waals surface area contributed by atoms with Crippen LogP contribution in [0.3, 0.4) is 0 Å². The SMILES string of the molecule is Cc1cc2ncc(CCCNS(=O)(=O)c3ccc4c(c3)OCCO4)cn2n1. The summed E-state index contributed by atoms with van der Waals surface area (Å²) in [6, 6.07) is 6.55. The normalized spacial score (nSPS) is 13.8. The molecular formula is C18H20N4O4S. The number of nitrogens with one attached hydrogen (secondary N) is 1. The van der Waals surface area contributed by atoms with Gasteiger partial charge in [0, 0.05) is 31.1 Å². The van der Waals surface area contributed by atoms with Crippen molar-refractivity contribution in [3.8, 4) is 11.5 Å². The van der Waals surface area contributed by atoms with Gasteiger partial charge in [0.15, 0.2) is 17.1 Å². The fourth-order valence-electron chi connectivity index (χ4n) is 2.94. The van der Waals surface area contributed by atoms with E-state index >= 15 is 0 Å². The minimum Gasteiger partial charge on any atom is -0.486 e. The van der Waals surface area contributed by atoms with Crippen molar-refractivity contribution in [1.29, 1.82) is 0 Å². The van der Waals surface area contributed by atoms with Gasteiger partial charge in [0.1, 0.15) is 13.2 Å². The van der Waals surface area contributed by atoms with Crippen molar-refractivity contribution in [3.05, 3.63) is 47.9 Å². The summed E-state index contributed by atoms with van der Waals surface area (Å²) >= 11 is 0. The Bertz CT molecular complexity index is 1080. The predicted molar refractivity (Wildman–Crippen MR) is 98.7 cm³/mol. The maximum Gasteiger partial charge on any atom is 0.240 e. The summed E-state index contributed by atoms with van der Waals surface area (Å²) in [5, 5.41) is 4.34. The average molecular weight is 388 g/mol. The maximum atomic E-state index is 12.5. The molecule has 0 saturated carbocycles. The van der Waals surface area contributed by atoms with E-state index in [1.165, 1.54) is 12.1 Å². The third-order valence-electron chi connectivity index (χ3n) is 4.25. The minimum absolute atomic E-state index is 0.168. The first-order valence-corrected chi connectivity index (χ1v) is 10.2. The summed E-state index contributed by atoms with van der Waals surface area (Å²) in [5.41, 5.74) is 2.71. The number of rotatable bonds is 6. The Morgan fingerprint density at radius 2 is 2.00 bits per heavy atom. The monoisotopic (exact) mass is 388 g/mol. The minimum atomic E-state index is -3.60. The highest BCUT2D eigenvalue weighted by Crippen LogP contribution is 2.32. The number of nitrogens with zero attached hydrogens (tertiary/aromatic N) is 3. The summed E-state index contributed by atoms with van der Waals surface area (Å²) in [5.74, 6) is 1.02. The molecule has 1 aromatic carbocycles. The van der Waals surface area contributed by atoms with Crippen LogP contribution in [0.4, 0.5) is 0 Å². The maximum absolute atomic E-state index is 12.5. The average Bonchev–Trinajstić information content (AvgIpc) is 3.04. The number of sulfonamides is 1. The number of hydrogen-bond donors (Lipinski definition) is 1. The van der Waals surface area contributed by atoms with E-state index in [2.05, 4.69) is 14.8 Å². The lowest BCUT2D eigenvalue weighted by molar-refractivity contribution is 0.171. The van der Waals surface area contributed by atoms with Gasteiger partial charge in [0.2, 0.25) is 10.0 Å². The molecule has 1 aliphatic rings. The van der Waals surface area contributed by atoms with E-state index in [1.807, 2.05) is 19.2 Å². The van der Waals surface area contributed by atoms with Crippen molar-refractivity contribution in [2.75, 3.05) is 19.8 Å². The van der Waals surface area contributed by atoms with E-state index in [0.717, 1.165) is 16.9 Å². The molecule has 0 fully saturated rings. The Morgan fingerprint density at radius 1 is 1.19 bits per heavy atom. The molecule has 2 aromatic heterocycles. The number of ether oxygens (including phenoxy) is 2. The number of aromatic nitrogens is 3. The molecule has 142 valence electrons. The Labute approximate surface area is 157 Å². The third-order valence-corrected chi connectivity index (χ3v) is 5.71. The topological polar surface area (TPSA) is 94.8 Å². The van der Waals surface area contributed by atoms with E-state index in [0.29, 0.717) is 44.1 Å². The summed E-state index contributed by atoms with van der Waals surface area (Å²) in [6.07, 6.45) is 5.07. The Balaban J connectivity index is 1.36. The van der Waals surface area contributed by atoms with Crippen LogP contribution in [-0.2, 0) is 16.4 Å². The zero-order chi connectivity index (χ0) is 18.9. The molecule has 0 amide bonds. The second-order valence-electron chi connectivity index (χ2n) is 6.36. The van der Waals surface area contributed by atoms with E-state index in [9.17, 15) is 8.42 Å². The smallest absolute Gasteiger partial charge is 0.240 e. The Hall–Kier alpha value is -2.65. The summed E-state index contributed by atoms with van der Waals surface area (Å²) in [4.78, 5) is 4.52. The standard InChI is InChI=1S/C18H20N4O4S/c1-13-9-18-19-11-14(12-22(18)21-13)3-2-6-20-27(23,24)15-4-5-16-17(10-15)26-8-7-25-16/h4-5,9-12,20H,2-3,6-8H2,1H3. The molecule has 0 saturated heterocycles. The summed E-state index contributed by atoms with van der Waals surface area (Å²) in [6.45, 7) is 3.13. The fourth-order valence-corrected chi connectivity index (χ4v) is 4.03. The zero-order valence-electron chi connectivity index (χ0n) is 14.9. The van der Waals surface area contributed by atoms with Crippen molar-refractivity contribution in [2.45, 2.75) is 24.7 Å². The molecule has 0 aliphatic carbocycles. The van der Waals surface area contributed by atoms with Crippen LogP contribution in [0.25, 0.3) is 5.65 Å². The molecule has 1 aliphatic heterocycles. The predicted octanol–water partition coefficient (Wildman–Crippen LogP) is 1.72.